The van der Waals surface area contributed by atoms with Gasteiger partial charge in [-0.2, -0.15) is 0 Å². The normalized spacial score (nSPS) is 21.1. The lowest BCUT2D eigenvalue weighted by Crippen LogP contribution is -2.46. The first-order chi connectivity index (χ1) is 6.36. The van der Waals surface area contributed by atoms with Gasteiger partial charge in [0.05, 0.1) is 5.41 Å². The van der Waals surface area contributed by atoms with Gasteiger partial charge in [-0.25, -0.2) is 0 Å². The summed E-state index contributed by atoms with van der Waals surface area (Å²) in [5.41, 5.74) is -0.488. The van der Waals surface area contributed by atoms with Crippen molar-refractivity contribution in [1.29, 1.82) is 0 Å². The Balaban J connectivity index is 2.43. The second-order valence-electron chi connectivity index (χ2n) is 5.31. The maximum atomic E-state index is 10.9. The van der Waals surface area contributed by atoms with Gasteiger partial charge < -0.3 is 10.4 Å². The Morgan fingerprint density at radius 1 is 1.43 bits per heavy atom. The molecule has 3 nitrogen and oxygen atoms in total. The molecule has 0 bridgehead atoms. The lowest BCUT2D eigenvalue weighted by molar-refractivity contribution is -0.146. The number of hydrogen-bond acceptors (Lipinski definition) is 2. The van der Waals surface area contributed by atoms with E-state index in [-0.39, 0.29) is 5.54 Å². The van der Waals surface area contributed by atoms with Gasteiger partial charge in [-0.15, -0.1) is 0 Å². The molecule has 0 aromatic carbocycles. The third-order valence-electron chi connectivity index (χ3n) is 3.24. The molecule has 82 valence electrons. The van der Waals surface area contributed by atoms with Gasteiger partial charge in [0.2, 0.25) is 0 Å². The van der Waals surface area contributed by atoms with E-state index in [2.05, 4.69) is 12.2 Å². The highest BCUT2D eigenvalue weighted by Crippen LogP contribution is 2.29. The summed E-state index contributed by atoms with van der Waals surface area (Å²) in [6.07, 6.45) is 4.86. The van der Waals surface area contributed by atoms with E-state index in [4.69, 9.17) is 5.11 Å². The molecule has 0 heterocycles. The van der Waals surface area contributed by atoms with E-state index in [1.165, 1.54) is 25.7 Å². The van der Waals surface area contributed by atoms with Crippen LogP contribution in [-0.2, 0) is 4.79 Å². The van der Waals surface area contributed by atoms with E-state index in [9.17, 15) is 4.79 Å². The Morgan fingerprint density at radius 3 is 2.36 bits per heavy atom. The first-order valence-electron chi connectivity index (χ1n) is 5.34. The third-order valence-corrected chi connectivity index (χ3v) is 3.24. The molecule has 1 rings (SSSR count). The Bertz CT molecular complexity index is 217. The van der Waals surface area contributed by atoms with E-state index < -0.39 is 11.4 Å². The highest BCUT2D eigenvalue weighted by molar-refractivity contribution is 5.73. The van der Waals surface area contributed by atoms with Gasteiger partial charge in [-0.05, 0) is 33.6 Å². The van der Waals surface area contributed by atoms with Crippen molar-refractivity contribution in [2.24, 2.45) is 5.41 Å². The zero-order valence-electron chi connectivity index (χ0n) is 9.39. The monoisotopic (exact) mass is 199 g/mol. The van der Waals surface area contributed by atoms with Gasteiger partial charge in [0.25, 0.3) is 0 Å². The fourth-order valence-electron chi connectivity index (χ4n) is 1.84. The zero-order chi connectivity index (χ0) is 10.8. The summed E-state index contributed by atoms with van der Waals surface area (Å²) in [5.74, 6) is -0.730. The zero-order valence-corrected chi connectivity index (χ0v) is 9.39. The van der Waals surface area contributed by atoms with Gasteiger partial charge in [0, 0.05) is 12.1 Å². The average molecular weight is 199 g/mol. The number of carboxylic acids is 1. The molecule has 0 radical (unpaired) electrons. The molecule has 0 saturated heterocycles. The Hall–Kier alpha value is -0.570. The molecule has 1 aliphatic rings. The molecule has 2 N–H and O–H groups in total. The van der Waals surface area contributed by atoms with Crippen LogP contribution in [0.5, 0.6) is 0 Å². The van der Waals surface area contributed by atoms with Crippen molar-refractivity contribution in [3.8, 4) is 0 Å². The van der Waals surface area contributed by atoms with Crippen LogP contribution in [0.2, 0.25) is 0 Å². The van der Waals surface area contributed by atoms with Crippen LogP contribution in [-0.4, -0.2) is 23.2 Å². The van der Waals surface area contributed by atoms with Crippen molar-refractivity contribution in [2.75, 3.05) is 6.54 Å². The van der Waals surface area contributed by atoms with Crippen LogP contribution in [0.15, 0.2) is 0 Å². The van der Waals surface area contributed by atoms with Gasteiger partial charge in [0.15, 0.2) is 0 Å². The molecule has 1 fully saturated rings. The number of carbonyl (C=O) groups is 1. The minimum absolute atomic E-state index is 0.173. The summed E-state index contributed by atoms with van der Waals surface area (Å²) in [7, 11) is 0. The number of hydrogen-bond donors (Lipinski definition) is 2. The van der Waals surface area contributed by atoms with Crippen molar-refractivity contribution in [2.45, 2.75) is 52.0 Å². The predicted octanol–water partition coefficient (Wildman–Crippen LogP) is 2.02. The highest BCUT2D eigenvalue weighted by atomic mass is 16.4. The SMILES string of the molecule is CC1(NCC(C)(C)C(=O)O)CCCC1. The van der Waals surface area contributed by atoms with Crippen LogP contribution in [0.25, 0.3) is 0 Å². The van der Waals surface area contributed by atoms with Gasteiger partial charge in [-0.1, -0.05) is 12.8 Å². The summed E-state index contributed by atoms with van der Waals surface area (Å²) in [5, 5.41) is 12.4. The fraction of sp³-hybridized carbons (Fsp3) is 0.909. The lowest BCUT2D eigenvalue weighted by Gasteiger charge is -2.30. The van der Waals surface area contributed by atoms with Gasteiger partial charge >= 0.3 is 5.97 Å². The summed E-state index contributed by atoms with van der Waals surface area (Å²) >= 11 is 0. The van der Waals surface area contributed by atoms with Crippen molar-refractivity contribution < 1.29 is 9.90 Å². The Morgan fingerprint density at radius 2 is 1.93 bits per heavy atom. The van der Waals surface area contributed by atoms with E-state index in [1.54, 1.807) is 13.8 Å². The first kappa shape index (κ1) is 11.5. The number of rotatable bonds is 4. The van der Waals surface area contributed by atoms with Crippen LogP contribution in [0.3, 0.4) is 0 Å². The van der Waals surface area contributed by atoms with Crippen LogP contribution in [0, 0.1) is 5.41 Å². The van der Waals surface area contributed by atoms with Crippen molar-refractivity contribution >= 4 is 5.97 Å². The maximum absolute atomic E-state index is 10.9. The molecular formula is C11H21NO2. The van der Waals surface area contributed by atoms with Gasteiger partial charge in [0.1, 0.15) is 0 Å². The number of aliphatic carboxylic acids is 1. The van der Waals surface area contributed by atoms with Crippen molar-refractivity contribution in [1.82, 2.24) is 5.32 Å². The summed E-state index contributed by atoms with van der Waals surface area (Å²) < 4.78 is 0. The molecule has 0 spiro atoms. The minimum Gasteiger partial charge on any atom is -0.481 e. The molecule has 14 heavy (non-hydrogen) atoms. The second kappa shape index (κ2) is 3.89. The Labute approximate surface area is 85.9 Å². The molecule has 1 saturated carbocycles. The number of nitrogens with one attached hydrogen (secondary N) is 1. The van der Waals surface area contributed by atoms with Crippen LogP contribution in [0.1, 0.15) is 46.5 Å². The highest BCUT2D eigenvalue weighted by Gasteiger charge is 2.33. The maximum Gasteiger partial charge on any atom is 0.310 e. The Kier molecular flexibility index (Phi) is 3.20. The molecule has 1 aliphatic carbocycles. The second-order valence-corrected chi connectivity index (χ2v) is 5.31. The molecule has 0 atom stereocenters. The molecule has 0 aliphatic heterocycles. The molecule has 0 unspecified atom stereocenters. The van der Waals surface area contributed by atoms with E-state index in [0.29, 0.717) is 6.54 Å². The quantitative estimate of drug-likeness (QED) is 0.728. The van der Waals surface area contributed by atoms with Crippen LogP contribution in [0.4, 0.5) is 0 Å². The summed E-state index contributed by atoms with van der Waals surface area (Å²) in [6.45, 7) is 6.28. The minimum atomic E-state index is -0.730. The van der Waals surface area contributed by atoms with E-state index in [0.717, 1.165) is 0 Å². The average Bonchev–Trinajstić information content (AvgIpc) is 2.50. The number of carboxylic acid groups (broad SMARTS) is 1. The molecule has 0 aromatic rings. The van der Waals surface area contributed by atoms with Crippen molar-refractivity contribution in [3.05, 3.63) is 0 Å². The molecular weight excluding hydrogens is 178 g/mol. The van der Waals surface area contributed by atoms with Crippen LogP contribution < -0.4 is 5.32 Å². The summed E-state index contributed by atoms with van der Waals surface area (Å²) in [4.78, 5) is 10.9. The first-order valence-corrected chi connectivity index (χ1v) is 5.34. The fourth-order valence-corrected chi connectivity index (χ4v) is 1.84. The molecule has 0 amide bonds. The summed E-state index contributed by atoms with van der Waals surface area (Å²) in [6, 6.07) is 0. The largest absolute Gasteiger partial charge is 0.481 e. The molecule has 0 aromatic heterocycles. The van der Waals surface area contributed by atoms with E-state index >= 15 is 0 Å². The standard InChI is InChI=1S/C11H21NO2/c1-10(2,9(13)14)8-12-11(3)6-4-5-7-11/h12H,4-8H2,1-3H3,(H,13,14). The third kappa shape index (κ3) is 2.71. The van der Waals surface area contributed by atoms with E-state index in [1.807, 2.05) is 0 Å². The van der Waals surface area contributed by atoms with Crippen molar-refractivity contribution in [3.63, 3.8) is 0 Å². The lowest BCUT2D eigenvalue weighted by atomic mass is 9.91. The molecule has 3 heteroatoms. The van der Waals surface area contributed by atoms with Crippen LogP contribution >= 0.6 is 0 Å². The van der Waals surface area contributed by atoms with Gasteiger partial charge in [-0.3, -0.25) is 4.79 Å². The predicted molar refractivity (Wildman–Crippen MR) is 56.3 cm³/mol. The smallest absolute Gasteiger partial charge is 0.310 e. The topological polar surface area (TPSA) is 49.3 Å².